The first kappa shape index (κ1) is 8.83. The summed E-state index contributed by atoms with van der Waals surface area (Å²) in [5.74, 6) is 0. The van der Waals surface area contributed by atoms with E-state index in [1.165, 1.54) is 0 Å². The van der Waals surface area contributed by atoms with Crippen LogP contribution in [0.5, 0.6) is 0 Å². The lowest BCUT2D eigenvalue weighted by atomic mass is 10.2. The van der Waals surface area contributed by atoms with E-state index in [0.29, 0.717) is 24.2 Å². The summed E-state index contributed by atoms with van der Waals surface area (Å²) in [7, 11) is 0. The molecule has 1 aromatic rings. The number of hydrogen-bond donors (Lipinski definition) is 2. The smallest absolute Gasteiger partial charge is 0.168 e. The highest BCUT2D eigenvalue weighted by molar-refractivity contribution is 5.71. The van der Waals surface area contributed by atoms with E-state index < -0.39 is 0 Å². The van der Waals surface area contributed by atoms with Gasteiger partial charge in [-0.2, -0.15) is 0 Å². The van der Waals surface area contributed by atoms with Crippen molar-refractivity contribution >= 4 is 6.29 Å². The van der Waals surface area contributed by atoms with Crippen molar-refractivity contribution in [1.82, 2.24) is 4.98 Å². The standard InChI is InChI=1S/C8H11N3O/c9-4-7(10)8-3-1-2-6(5-12)11-8/h1-3,5,7H,4,9-10H2/t7-/m0/s1. The first-order valence-electron chi connectivity index (χ1n) is 3.65. The van der Waals surface area contributed by atoms with Crippen molar-refractivity contribution in [2.75, 3.05) is 6.54 Å². The Hall–Kier alpha value is -1.26. The molecule has 1 atom stereocenters. The largest absolute Gasteiger partial charge is 0.329 e. The van der Waals surface area contributed by atoms with Gasteiger partial charge in [0.15, 0.2) is 6.29 Å². The number of carbonyl (C=O) groups is 1. The Labute approximate surface area is 70.6 Å². The molecule has 12 heavy (non-hydrogen) atoms. The molecule has 1 aromatic heterocycles. The minimum atomic E-state index is -0.287. The van der Waals surface area contributed by atoms with E-state index in [0.717, 1.165) is 0 Å². The molecule has 1 rings (SSSR count). The minimum absolute atomic E-state index is 0.287. The lowest BCUT2D eigenvalue weighted by Crippen LogP contribution is -2.22. The Morgan fingerprint density at radius 2 is 2.33 bits per heavy atom. The summed E-state index contributed by atoms with van der Waals surface area (Å²) in [4.78, 5) is 14.3. The van der Waals surface area contributed by atoms with Crippen molar-refractivity contribution < 1.29 is 4.79 Å². The summed E-state index contributed by atoms with van der Waals surface area (Å²) in [6, 6.07) is 4.83. The van der Waals surface area contributed by atoms with E-state index in [2.05, 4.69) is 4.98 Å². The Morgan fingerprint density at radius 1 is 1.58 bits per heavy atom. The third-order valence-electron chi connectivity index (χ3n) is 1.55. The molecule has 0 radical (unpaired) electrons. The van der Waals surface area contributed by atoms with Crippen molar-refractivity contribution in [3.05, 3.63) is 29.6 Å². The lowest BCUT2D eigenvalue weighted by Gasteiger charge is -2.07. The summed E-state index contributed by atoms with van der Waals surface area (Å²) >= 11 is 0. The van der Waals surface area contributed by atoms with Crippen molar-refractivity contribution in [2.45, 2.75) is 6.04 Å². The van der Waals surface area contributed by atoms with Crippen LogP contribution in [0.4, 0.5) is 0 Å². The van der Waals surface area contributed by atoms with Crippen LogP contribution in [0.25, 0.3) is 0 Å². The van der Waals surface area contributed by atoms with E-state index in [4.69, 9.17) is 11.5 Å². The molecule has 4 nitrogen and oxygen atoms in total. The van der Waals surface area contributed by atoms with E-state index in [1.54, 1.807) is 18.2 Å². The maximum Gasteiger partial charge on any atom is 0.168 e. The Morgan fingerprint density at radius 3 is 2.92 bits per heavy atom. The van der Waals surface area contributed by atoms with Crippen molar-refractivity contribution in [2.24, 2.45) is 11.5 Å². The molecule has 4 heteroatoms. The van der Waals surface area contributed by atoms with Crippen LogP contribution in [0.3, 0.4) is 0 Å². The van der Waals surface area contributed by atoms with Crippen molar-refractivity contribution in [1.29, 1.82) is 0 Å². The summed E-state index contributed by atoms with van der Waals surface area (Å²) in [5.41, 5.74) is 12.0. The SMILES string of the molecule is NC[C@H](N)c1cccc(C=O)n1. The van der Waals surface area contributed by atoms with Gasteiger partial charge in [-0.1, -0.05) is 6.07 Å². The molecule has 0 aromatic carbocycles. The fourth-order valence-electron chi connectivity index (χ4n) is 0.862. The van der Waals surface area contributed by atoms with E-state index in [-0.39, 0.29) is 6.04 Å². The molecular formula is C8H11N3O. The van der Waals surface area contributed by atoms with Crippen LogP contribution in [0.2, 0.25) is 0 Å². The highest BCUT2D eigenvalue weighted by Gasteiger charge is 2.04. The van der Waals surface area contributed by atoms with Gasteiger partial charge < -0.3 is 11.5 Å². The molecule has 64 valence electrons. The predicted molar refractivity (Wildman–Crippen MR) is 45.6 cm³/mol. The number of nitrogens with two attached hydrogens (primary N) is 2. The molecule has 0 saturated heterocycles. The third kappa shape index (κ3) is 1.87. The van der Waals surface area contributed by atoms with Crippen LogP contribution in [-0.2, 0) is 0 Å². The molecule has 0 aliphatic heterocycles. The quantitative estimate of drug-likeness (QED) is 0.610. The highest BCUT2D eigenvalue weighted by Crippen LogP contribution is 2.05. The Bertz CT molecular complexity index is 275. The van der Waals surface area contributed by atoms with Crippen molar-refractivity contribution in [3.8, 4) is 0 Å². The van der Waals surface area contributed by atoms with Crippen LogP contribution < -0.4 is 11.5 Å². The number of carbonyl (C=O) groups excluding carboxylic acids is 1. The average molecular weight is 165 g/mol. The van der Waals surface area contributed by atoms with Gasteiger partial charge in [-0.15, -0.1) is 0 Å². The van der Waals surface area contributed by atoms with Crippen LogP contribution in [0, 0.1) is 0 Å². The normalized spacial score (nSPS) is 12.5. The van der Waals surface area contributed by atoms with Gasteiger partial charge in [0.2, 0.25) is 0 Å². The number of hydrogen-bond acceptors (Lipinski definition) is 4. The van der Waals surface area contributed by atoms with Crippen molar-refractivity contribution in [3.63, 3.8) is 0 Å². The van der Waals surface area contributed by atoms with Crippen LogP contribution in [0.1, 0.15) is 22.2 Å². The molecule has 0 amide bonds. The maximum absolute atomic E-state index is 10.3. The van der Waals surface area contributed by atoms with Gasteiger partial charge in [0.05, 0.1) is 11.7 Å². The van der Waals surface area contributed by atoms with Gasteiger partial charge in [-0.05, 0) is 12.1 Å². The molecule has 0 spiro atoms. The molecule has 0 unspecified atom stereocenters. The number of pyridine rings is 1. The predicted octanol–water partition coefficient (Wildman–Crippen LogP) is -0.147. The summed E-state index contributed by atoms with van der Waals surface area (Å²) in [6.45, 7) is 0.329. The molecule has 1 heterocycles. The van der Waals surface area contributed by atoms with Gasteiger partial charge in [0.1, 0.15) is 5.69 Å². The van der Waals surface area contributed by atoms with Crippen LogP contribution in [-0.4, -0.2) is 17.8 Å². The number of aromatic nitrogens is 1. The average Bonchev–Trinajstić information content (AvgIpc) is 2.17. The van der Waals surface area contributed by atoms with Gasteiger partial charge in [0, 0.05) is 6.54 Å². The summed E-state index contributed by atoms with van der Waals surface area (Å²) < 4.78 is 0. The summed E-state index contributed by atoms with van der Waals surface area (Å²) in [5, 5.41) is 0. The lowest BCUT2D eigenvalue weighted by molar-refractivity contribution is 0.111. The zero-order valence-corrected chi connectivity index (χ0v) is 6.60. The summed E-state index contributed by atoms with van der Waals surface area (Å²) in [6.07, 6.45) is 0.687. The molecule has 0 aliphatic rings. The first-order chi connectivity index (χ1) is 5.77. The number of aldehydes is 1. The molecule has 0 aliphatic carbocycles. The van der Waals surface area contributed by atoms with E-state index >= 15 is 0 Å². The zero-order valence-electron chi connectivity index (χ0n) is 6.60. The maximum atomic E-state index is 10.3. The zero-order chi connectivity index (χ0) is 8.97. The second-order valence-corrected chi connectivity index (χ2v) is 2.45. The molecule has 0 fully saturated rings. The Kier molecular flexibility index (Phi) is 2.90. The molecular weight excluding hydrogens is 154 g/mol. The minimum Gasteiger partial charge on any atom is -0.329 e. The van der Waals surface area contributed by atoms with Gasteiger partial charge in [0.25, 0.3) is 0 Å². The monoisotopic (exact) mass is 165 g/mol. The van der Waals surface area contributed by atoms with Crippen LogP contribution >= 0.6 is 0 Å². The molecule has 4 N–H and O–H groups in total. The van der Waals surface area contributed by atoms with Gasteiger partial charge in [-0.25, -0.2) is 4.98 Å². The van der Waals surface area contributed by atoms with Crippen LogP contribution in [0.15, 0.2) is 18.2 Å². The fourth-order valence-corrected chi connectivity index (χ4v) is 0.862. The molecule has 0 bridgehead atoms. The van der Waals surface area contributed by atoms with E-state index in [1.807, 2.05) is 0 Å². The second kappa shape index (κ2) is 3.94. The molecule has 0 saturated carbocycles. The number of rotatable bonds is 3. The third-order valence-corrected chi connectivity index (χ3v) is 1.55. The number of nitrogens with zero attached hydrogens (tertiary/aromatic N) is 1. The Balaban J connectivity index is 2.93. The first-order valence-corrected chi connectivity index (χ1v) is 3.65. The highest BCUT2D eigenvalue weighted by atomic mass is 16.1. The fraction of sp³-hybridized carbons (Fsp3) is 0.250. The van der Waals surface area contributed by atoms with Gasteiger partial charge in [-0.3, -0.25) is 4.79 Å². The van der Waals surface area contributed by atoms with Gasteiger partial charge >= 0.3 is 0 Å². The van der Waals surface area contributed by atoms with E-state index in [9.17, 15) is 4.79 Å². The second-order valence-electron chi connectivity index (χ2n) is 2.45. The topological polar surface area (TPSA) is 82.0 Å².